The molecule has 5 N–H and O–H groups in total. The van der Waals surface area contributed by atoms with Gasteiger partial charge in [0.2, 0.25) is 5.91 Å². The standard InChI is InChI=1S/C11H18N4O4/c1-19-3-2-8(12)10(16)15-9(11(17)18)4-7-5-13-6-14-7/h5-6,8-9H,2-4,12H2,1H3,(H,13,14)(H,15,16)(H,17,18)/t8?,9-/m1/s1. The number of rotatable bonds is 8. The maximum Gasteiger partial charge on any atom is 0.326 e. The minimum atomic E-state index is -1.12. The Hall–Kier alpha value is -1.93. The number of hydrogen-bond donors (Lipinski definition) is 4. The predicted molar refractivity (Wildman–Crippen MR) is 66.3 cm³/mol. The Kier molecular flexibility index (Phi) is 5.97. The third-order valence-electron chi connectivity index (χ3n) is 2.56. The molecule has 1 amide bonds. The zero-order chi connectivity index (χ0) is 14.3. The highest BCUT2D eigenvalue weighted by Gasteiger charge is 2.23. The Morgan fingerprint density at radius 2 is 2.37 bits per heavy atom. The van der Waals surface area contributed by atoms with Gasteiger partial charge < -0.3 is 25.9 Å². The molecule has 19 heavy (non-hydrogen) atoms. The molecule has 1 aromatic heterocycles. The van der Waals surface area contributed by atoms with Crippen molar-refractivity contribution in [2.24, 2.45) is 5.73 Å². The second-order valence-corrected chi connectivity index (χ2v) is 4.07. The van der Waals surface area contributed by atoms with E-state index in [1.54, 1.807) is 0 Å². The smallest absolute Gasteiger partial charge is 0.326 e. The molecule has 0 saturated heterocycles. The van der Waals surface area contributed by atoms with Gasteiger partial charge in [-0.3, -0.25) is 4.79 Å². The van der Waals surface area contributed by atoms with Crippen LogP contribution in [0.4, 0.5) is 0 Å². The van der Waals surface area contributed by atoms with Gasteiger partial charge in [-0.1, -0.05) is 0 Å². The fourth-order valence-electron chi connectivity index (χ4n) is 1.47. The first-order chi connectivity index (χ1) is 9.04. The van der Waals surface area contributed by atoms with Crippen LogP contribution in [0, 0.1) is 0 Å². The average Bonchev–Trinajstić information content (AvgIpc) is 2.87. The van der Waals surface area contributed by atoms with Crippen molar-refractivity contribution in [2.75, 3.05) is 13.7 Å². The topological polar surface area (TPSA) is 130 Å². The van der Waals surface area contributed by atoms with E-state index >= 15 is 0 Å². The fraction of sp³-hybridized carbons (Fsp3) is 0.545. The van der Waals surface area contributed by atoms with Gasteiger partial charge in [0.05, 0.1) is 12.4 Å². The summed E-state index contributed by atoms with van der Waals surface area (Å²) in [5.74, 6) is -1.63. The second kappa shape index (κ2) is 7.49. The third kappa shape index (κ3) is 5.06. The number of nitrogens with two attached hydrogens (primary N) is 1. The summed E-state index contributed by atoms with van der Waals surface area (Å²) >= 11 is 0. The average molecular weight is 270 g/mol. The molecular weight excluding hydrogens is 252 g/mol. The number of aromatic amines is 1. The van der Waals surface area contributed by atoms with Crippen LogP contribution in [0.2, 0.25) is 0 Å². The summed E-state index contributed by atoms with van der Waals surface area (Å²) < 4.78 is 4.81. The molecule has 0 aliphatic rings. The van der Waals surface area contributed by atoms with E-state index in [0.29, 0.717) is 18.7 Å². The number of carbonyl (C=O) groups is 2. The Morgan fingerprint density at radius 1 is 1.63 bits per heavy atom. The minimum Gasteiger partial charge on any atom is -0.480 e. The van der Waals surface area contributed by atoms with Crippen LogP contribution in [0.25, 0.3) is 0 Å². The number of carboxylic acids is 1. The van der Waals surface area contributed by atoms with Crippen molar-refractivity contribution in [3.63, 3.8) is 0 Å². The molecule has 1 rings (SSSR count). The van der Waals surface area contributed by atoms with Crippen molar-refractivity contribution >= 4 is 11.9 Å². The molecule has 0 saturated carbocycles. The summed E-state index contributed by atoms with van der Waals surface area (Å²) in [5, 5.41) is 11.5. The number of nitrogens with one attached hydrogen (secondary N) is 2. The number of imidazole rings is 1. The SMILES string of the molecule is COCCC(N)C(=O)N[C@H](Cc1cnc[nH]1)C(=O)O. The number of aromatic nitrogens is 2. The van der Waals surface area contributed by atoms with Crippen molar-refractivity contribution in [2.45, 2.75) is 24.9 Å². The van der Waals surface area contributed by atoms with E-state index in [4.69, 9.17) is 15.6 Å². The molecule has 0 bridgehead atoms. The number of nitrogens with zero attached hydrogens (tertiary/aromatic N) is 1. The van der Waals surface area contributed by atoms with Crippen molar-refractivity contribution in [1.29, 1.82) is 0 Å². The molecule has 2 atom stereocenters. The van der Waals surface area contributed by atoms with Crippen LogP contribution in [-0.2, 0) is 20.7 Å². The van der Waals surface area contributed by atoms with E-state index in [2.05, 4.69) is 15.3 Å². The van der Waals surface area contributed by atoms with Crippen LogP contribution < -0.4 is 11.1 Å². The number of amides is 1. The molecular formula is C11H18N4O4. The van der Waals surface area contributed by atoms with Crippen LogP contribution in [0.5, 0.6) is 0 Å². The van der Waals surface area contributed by atoms with Crippen LogP contribution >= 0.6 is 0 Å². The fourth-order valence-corrected chi connectivity index (χ4v) is 1.47. The lowest BCUT2D eigenvalue weighted by molar-refractivity contribution is -0.142. The van der Waals surface area contributed by atoms with E-state index in [-0.39, 0.29) is 6.42 Å². The van der Waals surface area contributed by atoms with Gasteiger partial charge in [-0.2, -0.15) is 0 Å². The summed E-state index contributed by atoms with van der Waals surface area (Å²) in [6.07, 6.45) is 3.41. The quantitative estimate of drug-likeness (QED) is 0.473. The molecule has 1 unspecified atom stereocenters. The molecule has 0 radical (unpaired) electrons. The summed E-state index contributed by atoms with van der Waals surface area (Å²) in [6, 6.07) is -1.83. The molecule has 0 aliphatic carbocycles. The van der Waals surface area contributed by atoms with Gasteiger partial charge >= 0.3 is 5.97 Å². The maximum absolute atomic E-state index is 11.7. The highest BCUT2D eigenvalue weighted by Crippen LogP contribution is 2.00. The summed E-state index contributed by atoms with van der Waals surface area (Å²) in [6.45, 7) is 0.340. The summed E-state index contributed by atoms with van der Waals surface area (Å²) in [5.41, 5.74) is 6.24. The number of hydrogen-bond acceptors (Lipinski definition) is 5. The van der Waals surface area contributed by atoms with Gasteiger partial charge in [-0.15, -0.1) is 0 Å². The number of carbonyl (C=O) groups excluding carboxylic acids is 1. The molecule has 0 fully saturated rings. The lowest BCUT2D eigenvalue weighted by Gasteiger charge is -2.17. The zero-order valence-corrected chi connectivity index (χ0v) is 10.6. The number of aliphatic carboxylic acids is 1. The Labute approximate surface area is 110 Å². The van der Waals surface area contributed by atoms with Gasteiger partial charge in [0.1, 0.15) is 6.04 Å². The van der Waals surface area contributed by atoms with Gasteiger partial charge in [0.15, 0.2) is 0 Å². The van der Waals surface area contributed by atoms with Gasteiger partial charge in [-0.05, 0) is 6.42 Å². The Morgan fingerprint density at radius 3 is 2.89 bits per heavy atom. The predicted octanol–water partition coefficient (Wildman–Crippen LogP) is -1.11. The zero-order valence-electron chi connectivity index (χ0n) is 10.6. The highest BCUT2D eigenvalue weighted by molar-refractivity contribution is 5.86. The minimum absolute atomic E-state index is 0.123. The number of H-pyrrole nitrogens is 1. The van der Waals surface area contributed by atoms with Crippen molar-refractivity contribution in [1.82, 2.24) is 15.3 Å². The number of ether oxygens (including phenoxy) is 1. The van der Waals surface area contributed by atoms with Crippen LogP contribution in [0.1, 0.15) is 12.1 Å². The van der Waals surface area contributed by atoms with Crippen LogP contribution in [0.3, 0.4) is 0 Å². The van der Waals surface area contributed by atoms with Crippen molar-refractivity contribution in [3.05, 3.63) is 18.2 Å². The van der Waals surface area contributed by atoms with E-state index in [0.717, 1.165) is 0 Å². The second-order valence-electron chi connectivity index (χ2n) is 4.07. The largest absolute Gasteiger partial charge is 0.480 e. The lowest BCUT2D eigenvalue weighted by atomic mass is 10.1. The number of carboxylic acid groups (broad SMARTS) is 1. The van der Waals surface area contributed by atoms with Crippen LogP contribution in [0.15, 0.2) is 12.5 Å². The molecule has 0 aliphatic heterocycles. The molecule has 1 aromatic rings. The summed E-state index contributed by atoms with van der Waals surface area (Å²) in [7, 11) is 1.50. The third-order valence-corrected chi connectivity index (χ3v) is 2.56. The Balaban J connectivity index is 2.53. The molecule has 8 nitrogen and oxygen atoms in total. The normalized spacial score (nSPS) is 13.8. The lowest BCUT2D eigenvalue weighted by Crippen LogP contribution is -2.49. The maximum atomic E-state index is 11.7. The first kappa shape index (κ1) is 15.1. The molecule has 8 heteroatoms. The van der Waals surface area contributed by atoms with E-state index < -0.39 is 24.0 Å². The molecule has 1 heterocycles. The molecule has 106 valence electrons. The first-order valence-corrected chi connectivity index (χ1v) is 5.79. The summed E-state index contributed by atoms with van der Waals surface area (Å²) in [4.78, 5) is 29.4. The molecule has 0 spiro atoms. The Bertz CT molecular complexity index is 407. The van der Waals surface area contributed by atoms with Crippen LogP contribution in [-0.4, -0.2) is 52.8 Å². The van der Waals surface area contributed by atoms with Gasteiger partial charge in [0.25, 0.3) is 0 Å². The van der Waals surface area contributed by atoms with Crippen molar-refractivity contribution in [3.8, 4) is 0 Å². The first-order valence-electron chi connectivity index (χ1n) is 5.79. The van der Waals surface area contributed by atoms with Gasteiger partial charge in [-0.25, -0.2) is 9.78 Å². The molecule has 0 aromatic carbocycles. The van der Waals surface area contributed by atoms with E-state index in [1.165, 1.54) is 19.6 Å². The van der Waals surface area contributed by atoms with E-state index in [9.17, 15) is 9.59 Å². The van der Waals surface area contributed by atoms with E-state index in [1.807, 2.05) is 0 Å². The monoisotopic (exact) mass is 270 g/mol. The highest BCUT2D eigenvalue weighted by atomic mass is 16.5. The van der Waals surface area contributed by atoms with Crippen molar-refractivity contribution < 1.29 is 19.4 Å². The van der Waals surface area contributed by atoms with Gasteiger partial charge in [0, 0.05) is 32.0 Å². The number of methoxy groups -OCH3 is 1.